The van der Waals surface area contributed by atoms with E-state index in [0.717, 1.165) is 37.2 Å². The molecule has 2 heterocycles. The predicted octanol–water partition coefficient (Wildman–Crippen LogP) is 3.69. The Hall–Kier alpha value is -3.19. The highest BCUT2D eigenvalue weighted by Gasteiger charge is 2.28. The molecule has 0 bridgehead atoms. The number of benzene rings is 2. The zero-order chi connectivity index (χ0) is 21.5. The molecule has 1 N–H and O–H groups in total. The number of nitrogens with zero attached hydrogens (tertiary/aromatic N) is 2. The molecule has 0 aliphatic carbocycles. The first-order valence-corrected chi connectivity index (χ1v) is 11.4. The minimum Gasteiger partial charge on any atom is -0.487 e. The van der Waals surface area contributed by atoms with E-state index >= 15 is 0 Å². The van der Waals surface area contributed by atoms with Crippen LogP contribution in [0, 0.1) is 0 Å². The Balaban J connectivity index is 1.46. The van der Waals surface area contributed by atoms with E-state index in [1.54, 1.807) is 29.8 Å². The average molecular weight is 436 g/mol. The number of hydrogen-bond donors (Lipinski definition) is 1. The first-order chi connectivity index (χ1) is 15.2. The van der Waals surface area contributed by atoms with Crippen LogP contribution in [-0.4, -0.2) is 40.8 Å². The molecule has 2 aromatic carbocycles. The van der Waals surface area contributed by atoms with Crippen LogP contribution in [0.2, 0.25) is 0 Å². The molecule has 1 aromatic heterocycles. The summed E-state index contributed by atoms with van der Waals surface area (Å²) >= 11 is 1.51. The third-order valence-electron chi connectivity index (χ3n) is 5.27. The normalized spacial score (nSPS) is 14.3. The van der Waals surface area contributed by atoms with Gasteiger partial charge in [0.1, 0.15) is 18.4 Å². The van der Waals surface area contributed by atoms with Crippen molar-refractivity contribution in [2.75, 3.05) is 13.1 Å². The molecule has 31 heavy (non-hydrogen) atoms. The summed E-state index contributed by atoms with van der Waals surface area (Å²) in [6.45, 7) is 1.85. The highest BCUT2D eigenvalue weighted by Crippen LogP contribution is 2.17. The van der Waals surface area contributed by atoms with E-state index in [4.69, 9.17) is 4.74 Å². The average Bonchev–Trinajstić information content (AvgIpc) is 3.52. The molecule has 2 amide bonds. The van der Waals surface area contributed by atoms with Gasteiger partial charge in [0.05, 0.1) is 11.2 Å². The third kappa shape index (κ3) is 5.70. The van der Waals surface area contributed by atoms with Gasteiger partial charge in [-0.15, -0.1) is 11.3 Å². The van der Waals surface area contributed by atoms with Crippen molar-refractivity contribution in [3.8, 4) is 5.75 Å². The largest absolute Gasteiger partial charge is 0.487 e. The molecule has 0 radical (unpaired) electrons. The molecular formula is C24H25N3O3S. The van der Waals surface area contributed by atoms with Crippen LogP contribution in [0.4, 0.5) is 0 Å². The lowest BCUT2D eigenvalue weighted by Crippen LogP contribution is -2.49. The summed E-state index contributed by atoms with van der Waals surface area (Å²) in [4.78, 5) is 32.1. The molecule has 0 spiro atoms. The van der Waals surface area contributed by atoms with Crippen LogP contribution in [0.15, 0.2) is 65.5 Å². The first-order valence-electron chi connectivity index (χ1n) is 10.4. The van der Waals surface area contributed by atoms with Crippen LogP contribution in [-0.2, 0) is 17.8 Å². The Bertz CT molecular complexity index is 1000. The second kappa shape index (κ2) is 10.2. The molecule has 1 atom stereocenters. The van der Waals surface area contributed by atoms with E-state index < -0.39 is 6.04 Å². The Labute approximate surface area is 185 Å². The highest BCUT2D eigenvalue weighted by molar-refractivity contribution is 7.07. The van der Waals surface area contributed by atoms with Crippen molar-refractivity contribution in [2.24, 2.45) is 0 Å². The maximum Gasteiger partial charge on any atom is 0.252 e. The van der Waals surface area contributed by atoms with Gasteiger partial charge in [0.25, 0.3) is 5.91 Å². The van der Waals surface area contributed by atoms with Gasteiger partial charge in [0.2, 0.25) is 5.91 Å². The van der Waals surface area contributed by atoms with Crippen LogP contribution in [0.3, 0.4) is 0 Å². The number of aromatic nitrogens is 1. The van der Waals surface area contributed by atoms with Crippen molar-refractivity contribution in [1.82, 2.24) is 15.2 Å². The van der Waals surface area contributed by atoms with Crippen molar-refractivity contribution < 1.29 is 14.3 Å². The number of carbonyl (C=O) groups excluding carboxylic acids is 2. The summed E-state index contributed by atoms with van der Waals surface area (Å²) in [6.07, 6.45) is 2.48. The molecule has 160 valence electrons. The number of hydrogen-bond acceptors (Lipinski definition) is 5. The Kier molecular flexibility index (Phi) is 6.94. The maximum absolute atomic E-state index is 13.1. The summed E-state index contributed by atoms with van der Waals surface area (Å²) in [6, 6.07) is 16.2. The molecule has 7 heteroatoms. The van der Waals surface area contributed by atoms with E-state index in [2.05, 4.69) is 10.3 Å². The van der Waals surface area contributed by atoms with Crippen LogP contribution in [0.1, 0.15) is 34.5 Å². The minimum absolute atomic E-state index is 0.0226. The zero-order valence-electron chi connectivity index (χ0n) is 17.2. The summed E-state index contributed by atoms with van der Waals surface area (Å²) in [7, 11) is 0. The number of amides is 2. The van der Waals surface area contributed by atoms with Crippen molar-refractivity contribution >= 4 is 23.2 Å². The van der Waals surface area contributed by atoms with Crippen molar-refractivity contribution in [1.29, 1.82) is 0 Å². The lowest BCUT2D eigenvalue weighted by molar-refractivity contribution is -0.132. The van der Waals surface area contributed by atoms with Crippen molar-refractivity contribution in [3.05, 3.63) is 82.3 Å². The zero-order valence-corrected chi connectivity index (χ0v) is 18.0. The van der Waals surface area contributed by atoms with Gasteiger partial charge < -0.3 is 15.0 Å². The lowest BCUT2D eigenvalue weighted by Gasteiger charge is -2.24. The van der Waals surface area contributed by atoms with Crippen LogP contribution in [0.25, 0.3) is 0 Å². The van der Waals surface area contributed by atoms with Gasteiger partial charge in [-0.05, 0) is 36.6 Å². The maximum atomic E-state index is 13.1. The van der Waals surface area contributed by atoms with Crippen LogP contribution < -0.4 is 10.1 Å². The topological polar surface area (TPSA) is 71.5 Å². The first kappa shape index (κ1) is 21.1. The second-order valence-electron chi connectivity index (χ2n) is 7.54. The van der Waals surface area contributed by atoms with Gasteiger partial charge in [-0.2, -0.15) is 0 Å². The van der Waals surface area contributed by atoms with Gasteiger partial charge in [0.15, 0.2) is 0 Å². The molecule has 1 aliphatic heterocycles. The van der Waals surface area contributed by atoms with Gasteiger partial charge >= 0.3 is 0 Å². The number of thiazole rings is 1. The smallest absolute Gasteiger partial charge is 0.252 e. The number of rotatable bonds is 8. The van der Waals surface area contributed by atoms with Crippen molar-refractivity contribution in [3.63, 3.8) is 0 Å². The van der Waals surface area contributed by atoms with Gasteiger partial charge in [-0.25, -0.2) is 4.98 Å². The fraction of sp³-hybridized carbons (Fsp3) is 0.292. The number of ether oxygens (including phenoxy) is 1. The molecule has 3 aromatic rings. The lowest BCUT2D eigenvalue weighted by atomic mass is 10.0. The van der Waals surface area contributed by atoms with Crippen LogP contribution >= 0.6 is 11.3 Å². The van der Waals surface area contributed by atoms with Gasteiger partial charge in [0, 0.05) is 30.5 Å². The van der Waals surface area contributed by atoms with Gasteiger partial charge in [-0.1, -0.05) is 36.4 Å². The van der Waals surface area contributed by atoms with E-state index in [9.17, 15) is 9.59 Å². The number of likely N-dealkylation sites (tertiary alicyclic amines) is 1. The monoisotopic (exact) mass is 435 g/mol. The van der Waals surface area contributed by atoms with E-state index in [1.165, 1.54) is 11.3 Å². The van der Waals surface area contributed by atoms with Crippen LogP contribution in [0.5, 0.6) is 5.75 Å². The fourth-order valence-corrected chi connectivity index (χ4v) is 4.19. The SMILES string of the molecule is O=C(NC(Cc1ccccc1)C(=O)N1CCCC1)c1cccc(OCc2cscn2)c1. The van der Waals surface area contributed by atoms with E-state index in [1.807, 2.05) is 40.6 Å². The Morgan fingerprint density at radius 3 is 2.65 bits per heavy atom. The number of carbonyl (C=O) groups is 2. The fourth-order valence-electron chi connectivity index (χ4n) is 3.64. The molecule has 1 saturated heterocycles. The predicted molar refractivity (Wildman–Crippen MR) is 120 cm³/mol. The van der Waals surface area contributed by atoms with Crippen molar-refractivity contribution in [2.45, 2.75) is 31.9 Å². The van der Waals surface area contributed by atoms with E-state index in [0.29, 0.717) is 24.3 Å². The summed E-state index contributed by atoms with van der Waals surface area (Å²) in [5.41, 5.74) is 4.08. The Morgan fingerprint density at radius 1 is 1.10 bits per heavy atom. The molecular weight excluding hydrogens is 410 g/mol. The van der Waals surface area contributed by atoms with Gasteiger partial charge in [-0.3, -0.25) is 9.59 Å². The molecule has 4 rings (SSSR count). The summed E-state index contributed by atoms with van der Waals surface area (Å²) in [5, 5.41) is 4.88. The summed E-state index contributed by atoms with van der Waals surface area (Å²) < 4.78 is 5.76. The number of nitrogens with one attached hydrogen (secondary N) is 1. The molecule has 1 fully saturated rings. The molecule has 0 saturated carbocycles. The quantitative estimate of drug-likeness (QED) is 0.586. The molecule has 1 unspecified atom stereocenters. The van der Waals surface area contributed by atoms with E-state index in [-0.39, 0.29) is 11.8 Å². The molecule has 1 aliphatic rings. The second-order valence-corrected chi connectivity index (χ2v) is 8.26. The highest BCUT2D eigenvalue weighted by atomic mass is 32.1. The minimum atomic E-state index is -0.604. The Morgan fingerprint density at radius 2 is 1.90 bits per heavy atom. The summed E-state index contributed by atoms with van der Waals surface area (Å²) in [5.74, 6) is 0.282. The molecule has 6 nitrogen and oxygen atoms in total. The standard InChI is InChI=1S/C24H25N3O3S/c28-23(19-9-6-10-21(14-19)30-15-20-16-31-17-25-20)26-22(13-18-7-2-1-3-8-18)24(29)27-11-4-5-12-27/h1-3,6-10,14,16-17,22H,4-5,11-13,15H2,(H,26,28). The third-order valence-corrected chi connectivity index (χ3v) is 5.91.